The summed E-state index contributed by atoms with van der Waals surface area (Å²) in [5, 5.41) is 0. The van der Waals surface area contributed by atoms with E-state index in [1.165, 1.54) is 0 Å². The molecular formula is C11H11IO. The van der Waals surface area contributed by atoms with Gasteiger partial charge in [0.1, 0.15) is 0 Å². The number of ketones is 1. The summed E-state index contributed by atoms with van der Waals surface area (Å²) in [4.78, 5) is 11.4. The molecule has 0 unspecified atom stereocenters. The lowest BCUT2D eigenvalue weighted by atomic mass is 10.1. The van der Waals surface area contributed by atoms with Crippen LogP contribution in [0.5, 0.6) is 0 Å². The molecule has 0 atom stereocenters. The van der Waals surface area contributed by atoms with Gasteiger partial charge in [-0.1, -0.05) is 59.0 Å². The summed E-state index contributed by atoms with van der Waals surface area (Å²) in [6.07, 6.45) is 4.52. The molecule has 0 amide bonds. The van der Waals surface area contributed by atoms with Crippen LogP contribution in [0.2, 0.25) is 0 Å². The highest BCUT2D eigenvalue weighted by atomic mass is 127. The predicted molar refractivity (Wildman–Crippen MR) is 63.4 cm³/mol. The predicted octanol–water partition coefficient (Wildman–Crippen LogP) is 3.25. The van der Waals surface area contributed by atoms with Gasteiger partial charge in [-0.05, 0) is 12.5 Å². The summed E-state index contributed by atoms with van der Waals surface area (Å²) in [6, 6.07) is 9.32. The van der Waals surface area contributed by atoms with Gasteiger partial charge in [-0.3, -0.25) is 4.79 Å². The number of halogens is 1. The smallest absolute Gasteiger partial charge is 0.185 e. The standard InChI is InChI=1S/C11H11IO/c12-9-5-4-8-11(13)10-6-2-1-3-7-10/h1-4,6-8H,5,9H2/b8-4+. The highest BCUT2D eigenvalue weighted by Gasteiger charge is 1.97. The molecule has 0 aliphatic rings. The SMILES string of the molecule is O=C(/C=C/CCI)c1ccccc1. The number of alkyl halides is 1. The van der Waals surface area contributed by atoms with Gasteiger partial charge in [-0.25, -0.2) is 0 Å². The lowest BCUT2D eigenvalue weighted by Crippen LogP contribution is -1.92. The van der Waals surface area contributed by atoms with Crippen molar-refractivity contribution >= 4 is 28.4 Å². The lowest BCUT2D eigenvalue weighted by molar-refractivity contribution is 0.104. The molecule has 2 heteroatoms. The quantitative estimate of drug-likeness (QED) is 0.359. The number of hydrogen-bond acceptors (Lipinski definition) is 1. The normalized spacial score (nSPS) is 10.5. The summed E-state index contributed by atoms with van der Waals surface area (Å²) in [5.41, 5.74) is 0.757. The van der Waals surface area contributed by atoms with Gasteiger partial charge in [0, 0.05) is 9.99 Å². The molecule has 1 nitrogen and oxygen atoms in total. The molecular weight excluding hydrogens is 275 g/mol. The van der Waals surface area contributed by atoms with Crippen molar-refractivity contribution < 1.29 is 4.79 Å². The largest absolute Gasteiger partial charge is 0.289 e. The third kappa shape index (κ3) is 3.72. The van der Waals surface area contributed by atoms with Crippen molar-refractivity contribution in [2.45, 2.75) is 6.42 Å². The molecule has 1 aromatic carbocycles. The first kappa shape index (κ1) is 10.4. The maximum absolute atomic E-state index is 11.4. The number of allylic oxidation sites excluding steroid dienone is 2. The van der Waals surface area contributed by atoms with Crippen molar-refractivity contribution in [1.82, 2.24) is 0 Å². The Kier molecular flexibility index (Phi) is 4.75. The van der Waals surface area contributed by atoms with Crippen molar-refractivity contribution in [3.63, 3.8) is 0 Å². The lowest BCUT2D eigenvalue weighted by Gasteiger charge is -1.92. The summed E-state index contributed by atoms with van der Waals surface area (Å²) in [5.74, 6) is 0.0884. The van der Waals surface area contributed by atoms with E-state index in [9.17, 15) is 4.79 Å². The Balaban J connectivity index is 2.59. The molecule has 0 aliphatic carbocycles. The van der Waals surface area contributed by atoms with Gasteiger partial charge in [-0.2, -0.15) is 0 Å². The number of carbonyl (C=O) groups is 1. The van der Waals surface area contributed by atoms with Crippen LogP contribution < -0.4 is 0 Å². The van der Waals surface area contributed by atoms with Crippen LogP contribution in [0, 0.1) is 0 Å². The Bertz CT molecular complexity index is 290. The molecule has 13 heavy (non-hydrogen) atoms. The molecule has 0 spiro atoms. The van der Waals surface area contributed by atoms with Gasteiger partial charge in [0.15, 0.2) is 5.78 Å². The van der Waals surface area contributed by atoms with Crippen molar-refractivity contribution in [2.24, 2.45) is 0 Å². The van der Waals surface area contributed by atoms with Gasteiger partial charge >= 0.3 is 0 Å². The van der Waals surface area contributed by atoms with Crippen molar-refractivity contribution in [3.8, 4) is 0 Å². The van der Waals surface area contributed by atoms with Crippen LogP contribution in [-0.2, 0) is 0 Å². The summed E-state index contributed by atoms with van der Waals surface area (Å²) in [6.45, 7) is 0. The number of benzene rings is 1. The van der Waals surface area contributed by atoms with Gasteiger partial charge in [0.05, 0.1) is 0 Å². The van der Waals surface area contributed by atoms with E-state index in [2.05, 4.69) is 22.6 Å². The molecule has 68 valence electrons. The van der Waals surface area contributed by atoms with E-state index in [1.54, 1.807) is 6.08 Å². The topological polar surface area (TPSA) is 17.1 Å². The minimum Gasteiger partial charge on any atom is -0.289 e. The fraction of sp³-hybridized carbons (Fsp3) is 0.182. The van der Waals surface area contributed by atoms with E-state index in [0.717, 1.165) is 16.4 Å². The second-order valence-corrected chi connectivity index (χ2v) is 3.69. The number of rotatable bonds is 4. The Morgan fingerprint density at radius 1 is 1.31 bits per heavy atom. The molecule has 0 aromatic heterocycles. The first-order valence-corrected chi connectivity index (χ1v) is 5.69. The van der Waals surface area contributed by atoms with E-state index in [0.29, 0.717) is 0 Å². The zero-order chi connectivity index (χ0) is 9.52. The summed E-state index contributed by atoms with van der Waals surface area (Å²) in [7, 11) is 0. The third-order valence-electron chi connectivity index (χ3n) is 1.60. The molecule has 0 aliphatic heterocycles. The monoisotopic (exact) mass is 286 g/mol. The molecule has 0 saturated heterocycles. The van der Waals surface area contributed by atoms with Crippen LogP contribution in [0.15, 0.2) is 42.5 Å². The van der Waals surface area contributed by atoms with Crippen LogP contribution in [0.25, 0.3) is 0 Å². The summed E-state index contributed by atoms with van der Waals surface area (Å²) >= 11 is 2.29. The number of carbonyl (C=O) groups excluding carboxylic acids is 1. The molecule has 0 bridgehead atoms. The van der Waals surface area contributed by atoms with Crippen molar-refractivity contribution in [3.05, 3.63) is 48.0 Å². The minimum atomic E-state index is 0.0884. The Hall–Kier alpha value is -0.640. The first-order chi connectivity index (χ1) is 6.34. The Morgan fingerprint density at radius 3 is 2.62 bits per heavy atom. The molecule has 0 saturated carbocycles. The average Bonchev–Trinajstić information content (AvgIpc) is 2.19. The number of hydrogen-bond donors (Lipinski definition) is 0. The van der Waals surface area contributed by atoms with Crippen LogP contribution >= 0.6 is 22.6 Å². The van der Waals surface area contributed by atoms with Gasteiger partial charge < -0.3 is 0 Å². The second kappa shape index (κ2) is 5.91. The fourth-order valence-corrected chi connectivity index (χ4v) is 1.31. The van der Waals surface area contributed by atoms with Gasteiger partial charge in [0.25, 0.3) is 0 Å². The molecule has 0 heterocycles. The second-order valence-electron chi connectivity index (χ2n) is 2.61. The van der Waals surface area contributed by atoms with E-state index < -0.39 is 0 Å². The minimum absolute atomic E-state index is 0.0884. The van der Waals surface area contributed by atoms with Crippen LogP contribution in [0.1, 0.15) is 16.8 Å². The first-order valence-electron chi connectivity index (χ1n) is 4.16. The maximum Gasteiger partial charge on any atom is 0.185 e. The molecule has 1 rings (SSSR count). The molecule has 0 fully saturated rings. The van der Waals surface area contributed by atoms with Crippen LogP contribution in [0.3, 0.4) is 0 Å². The molecule has 0 radical (unpaired) electrons. The Labute approximate surface area is 92.0 Å². The zero-order valence-electron chi connectivity index (χ0n) is 7.24. The Morgan fingerprint density at radius 2 is 2.00 bits per heavy atom. The van der Waals surface area contributed by atoms with E-state index in [1.807, 2.05) is 36.4 Å². The molecule has 0 N–H and O–H groups in total. The van der Waals surface area contributed by atoms with E-state index in [-0.39, 0.29) is 5.78 Å². The third-order valence-corrected chi connectivity index (χ3v) is 2.23. The zero-order valence-corrected chi connectivity index (χ0v) is 9.40. The highest BCUT2D eigenvalue weighted by Crippen LogP contribution is 2.01. The van der Waals surface area contributed by atoms with Gasteiger partial charge in [-0.15, -0.1) is 0 Å². The van der Waals surface area contributed by atoms with Crippen LogP contribution in [0.4, 0.5) is 0 Å². The summed E-state index contributed by atoms with van der Waals surface area (Å²) < 4.78 is 1.05. The highest BCUT2D eigenvalue weighted by molar-refractivity contribution is 14.1. The average molecular weight is 286 g/mol. The van der Waals surface area contributed by atoms with Crippen molar-refractivity contribution in [1.29, 1.82) is 0 Å². The van der Waals surface area contributed by atoms with Crippen molar-refractivity contribution in [2.75, 3.05) is 4.43 Å². The van der Waals surface area contributed by atoms with Crippen LogP contribution in [-0.4, -0.2) is 10.2 Å². The van der Waals surface area contributed by atoms with Gasteiger partial charge in [0.2, 0.25) is 0 Å². The van der Waals surface area contributed by atoms with E-state index in [4.69, 9.17) is 0 Å². The fourth-order valence-electron chi connectivity index (χ4n) is 0.952. The molecule has 1 aromatic rings. The maximum atomic E-state index is 11.4. The van der Waals surface area contributed by atoms with E-state index >= 15 is 0 Å².